The number of hydrogen-bond donors (Lipinski definition) is 6. The summed E-state index contributed by atoms with van der Waals surface area (Å²) in [6.07, 6.45) is -1.61. The van der Waals surface area contributed by atoms with Crippen molar-refractivity contribution < 1.29 is 57.6 Å². The van der Waals surface area contributed by atoms with Gasteiger partial charge in [-0.3, -0.25) is 29.0 Å². The van der Waals surface area contributed by atoms with E-state index in [9.17, 15) is 33.6 Å². The van der Waals surface area contributed by atoms with Crippen molar-refractivity contribution in [2.24, 2.45) is 22.4 Å². The second kappa shape index (κ2) is 19.0. The lowest BCUT2D eigenvalue weighted by molar-refractivity contribution is -0.175. The van der Waals surface area contributed by atoms with E-state index in [4.69, 9.17) is 45.2 Å². The minimum Gasteiger partial charge on any atom is -0.481 e. The standard InChI is InChI=1S/C44H48N8O13/c1-4-44(28-16-31-37-25(18-52(31)40(58)27(28)20-61-41(44)59)14-24-15-32-33(64-21-63-32)17-30(24)49-37)65-43(60)62-19-23-7-9-26(10-8-23)48-38(56)29(6-5-13-47-42(45)46)50-39(57)36(22(2)3)51-34(53)11-12-35(54)55/h7-10,14-17,22,29,36H,4-6,11-13,18-21H2,1-3H3,(H,48,56)(H,50,57)(H,51,53)(H,54,55)(H4,45,46,47)/t29-,36-,44-/m0/s1. The summed E-state index contributed by atoms with van der Waals surface area (Å²) in [7, 11) is 0. The number of carboxylic acid groups (broad SMARTS) is 1. The van der Waals surface area contributed by atoms with E-state index < -0.39 is 71.4 Å². The first-order chi connectivity index (χ1) is 31.1. The van der Waals surface area contributed by atoms with E-state index in [1.165, 1.54) is 0 Å². The van der Waals surface area contributed by atoms with Crippen LogP contribution in [0.1, 0.15) is 75.1 Å². The summed E-state index contributed by atoms with van der Waals surface area (Å²) < 4.78 is 29.3. The fourth-order valence-electron chi connectivity index (χ4n) is 7.79. The van der Waals surface area contributed by atoms with Crippen molar-refractivity contribution in [2.45, 2.75) is 90.3 Å². The van der Waals surface area contributed by atoms with Gasteiger partial charge in [-0.2, -0.15) is 0 Å². The number of anilines is 1. The van der Waals surface area contributed by atoms with Crippen molar-refractivity contribution in [3.63, 3.8) is 0 Å². The number of carboxylic acids is 1. The average molecular weight is 897 g/mol. The van der Waals surface area contributed by atoms with Crippen LogP contribution in [0, 0.1) is 5.92 Å². The van der Waals surface area contributed by atoms with E-state index in [0.29, 0.717) is 46.1 Å². The number of carbonyl (C=O) groups excluding carboxylic acids is 5. The first-order valence-corrected chi connectivity index (χ1v) is 20.9. The Morgan fingerprint density at radius 2 is 1.71 bits per heavy atom. The molecule has 0 unspecified atom stereocenters. The molecule has 65 heavy (non-hydrogen) atoms. The van der Waals surface area contributed by atoms with E-state index in [0.717, 1.165) is 10.9 Å². The van der Waals surface area contributed by atoms with Gasteiger partial charge in [-0.25, -0.2) is 14.6 Å². The second-order valence-corrected chi connectivity index (χ2v) is 16.0. The number of amides is 3. The number of hydrogen-bond acceptors (Lipinski definition) is 14. The highest BCUT2D eigenvalue weighted by Crippen LogP contribution is 2.42. The van der Waals surface area contributed by atoms with E-state index in [-0.39, 0.29) is 69.4 Å². The molecule has 21 heteroatoms. The molecular weight excluding hydrogens is 849 g/mol. The number of nitrogens with one attached hydrogen (secondary N) is 3. The highest BCUT2D eigenvalue weighted by atomic mass is 16.7. The molecule has 0 fully saturated rings. The monoisotopic (exact) mass is 896 g/mol. The summed E-state index contributed by atoms with van der Waals surface area (Å²) in [4.78, 5) is 99.8. The normalized spacial score (nSPS) is 16.3. The third-order valence-electron chi connectivity index (χ3n) is 11.2. The van der Waals surface area contributed by atoms with Crippen molar-refractivity contribution in [1.82, 2.24) is 20.2 Å². The van der Waals surface area contributed by atoms with Gasteiger partial charge in [0.1, 0.15) is 25.3 Å². The zero-order valence-electron chi connectivity index (χ0n) is 35.8. The Morgan fingerprint density at radius 3 is 2.40 bits per heavy atom. The fourth-order valence-corrected chi connectivity index (χ4v) is 7.79. The van der Waals surface area contributed by atoms with Gasteiger partial charge in [-0.1, -0.05) is 32.9 Å². The topological polar surface area (TPSA) is 304 Å². The molecule has 2 aromatic carbocycles. The van der Waals surface area contributed by atoms with Crippen LogP contribution in [-0.2, 0) is 63.5 Å². The summed E-state index contributed by atoms with van der Waals surface area (Å²) in [5, 5.41) is 17.7. The molecule has 0 saturated carbocycles. The van der Waals surface area contributed by atoms with Crippen LogP contribution in [0.25, 0.3) is 22.3 Å². The molecule has 0 aliphatic carbocycles. The second-order valence-electron chi connectivity index (χ2n) is 16.0. The minimum atomic E-state index is -2.00. The molecule has 5 heterocycles. The quantitative estimate of drug-likeness (QED) is 0.0338. The Balaban J connectivity index is 1.02. The molecule has 342 valence electrons. The van der Waals surface area contributed by atoms with Gasteiger partial charge < -0.3 is 60.8 Å². The summed E-state index contributed by atoms with van der Waals surface area (Å²) in [5.74, 6) is -3.30. The van der Waals surface area contributed by atoms with Crippen molar-refractivity contribution in [3.8, 4) is 22.9 Å². The predicted octanol–water partition coefficient (Wildman–Crippen LogP) is 2.65. The molecule has 3 atom stereocenters. The Hall–Kier alpha value is -7.71. The van der Waals surface area contributed by atoms with E-state index in [1.54, 1.807) is 61.7 Å². The molecular formula is C44H48N8O13. The van der Waals surface area contributed by atoms with E-state index in [2.05, 4.69) is 20.9 Å². The molecule has 3 aliphatic heterocycles. The van der Waals surface area contributed by atoms with Crippen LogP contribution < -0.4 is 42.5 Å². The number of cyclic esters (lactones) is 1. The molecule has 0 radical (unpaired) electrons. The first-order valence-electron chi connectivity index (χ1n) is 20.9. The third kappa shape index (κ3) is 9.77. The summed E-state index contributed by atoms with van der Waals surface area (Å²) in [5.41, 5.74) is 11.9. The molecule has 2 aromatic heterocycles. The smallest absolute Gasteiger partial charge is 0.481 e. The van der Waals surface area contributed by atoms with Gasteiger partial charge in [-0.15, -0.1) is 0 Å². The van der Waals surface area contributed by atoms with Crippen LogP contribution in [0.15, 0.2) is 58.3 Å². The largest absolute Gasteiger partial charge is 0.510 e. The first kappa shape index (κ1) is 45.3. The van der Waals surface area contributed by atoms with Gasteiger partial charge in [0.25, 0.3) is 5.56 Å². The number of guanidine groups is 1. The number of nitrogens with zero attached hydrogens (tertiary/aromatic N) is 3. The van der Waals surface area contributed by atoms with Crippen LogP contribution >= 0.6 is 0 Å². The van der Waals surface area contributed by atoms with E-state index >= 15 is 0 Å². The number of benzene rings is 2. The summed E-state index contributed by atoms with van der Waals surface area (Å²) >= 11 is 0. The molecule has 0 bridgehead atoms. The number of esters is 1. The van der Waals surface area contributed by atoms with E-state index in [1.807, 2.05) is 12.1 Å². The Morgan fingerprint density at radius 1 is 0.969 bits per heavy atom. The minimum absolute atomic E-state index is 0.0814. The number of aliphatic imine (C=N–C) groups is 1. The highest BCUT2D eigenvalue weighted by Gasteiger charge is 2.51. The number of aromatic nitrogens is 2. The van der Waals surface area contributed by atoms with Crippen LogP contribution in [0.3, 0.4) is 0 Å². The maximum atomic E-state index is 14.0. The Bertz CT molecular complexity index is 2660. The van der Waals surface area contributed by atoms with Gasteiger partial charge in [-0.05, 0) is 61.1 Å². The number of carbonyl (C=O) groups is 6. The summed E-state index contributed by atoms with van der Waals surface area (Å²) in [6.45, 7) is 4.87. The molecule has 4 aromatic rings. The van der Waals surface area contributed by atoms with Crippen molar-refractivity contribution in [3.05, 3.63) is 81.1 Å². The highest BCUT2D eigenvalue weighted by molar-refractivity contribution is 5.98. The molecule has 8 N–H and O–H groups in total. The molecule has 7 rings (SSSR count). The maximum absolute atomic E-state index is 14.0. The number of nitrogens with two attached hydrogens (primary N) is 2. The molecule has 21 nitrogen and oxygen atoms in total. The van der Waals surface area contributed by atoms with Crippen LogP contribution in [0.4, 0.5) is 10.5 Å². The lowest BCUT2D eigenvalue weighted by Gasteiger charge is -2.35. The fraction of sp³-hybridized carbons (Fsp3) is 0.386. The van der Waals surface area contributed by atoms with Crippen LogP contribution in [0.5, 0.6) is 11.5 Å². The van der Waals surface area contributed by atoms with Crippen molar-refractivity contribution in [2.75, 3.05) is 18.7 Å². The average Bonchev–Trinajstić information content (AvgIpc) is 3.88. The van der Waals surface area contributed by atoms with Crippen LogP contribution in [-0.4, -0.2) is 81.9 Å². The number of rotatable bonds is 17. The van der Waals surface area contributed by atoms with Gasteiger partial charge in [0.05, 0.1) is 35.4 Å². The SMILES string of the molecule is CC[C@@]1(OC(=O)OCc2ccc(NC(=O)[C@H](CCCN=C(N)N)NC(=O)[C@@H](NC(=O)CCC(=O)O)C(C)C)cc2)C(=O)OCc2c1cc1n(c2=O)Cc2cc3cc4c(cc3nc2-1)OCO4. The van der Waals surface area contributed by atoms with Crippen molar-refractivity contribution >= 4 is 58.4 Å². The number of ether oxygens (including phenoxy) is 5. The molecule has 3 amide bonds. The zero-order valence-corrected chi connectivity index (χ0v) is 35.8. The maximum Gasteiger partial charge on any atom is 0.510 e. The summed E-state index contributed by atoms with van der Waals surface area (Å²) in [6, 6.07) is 11.2. The number of fused-ring (bicyclic) bond motifs is 6. The Kier molecular flexibility index (Phi) is 13.2. The Labute approximate surface area is 370 Å². The van der Waals surface area contributed by atoms with Gasteiger partial charge in [0, 0.05) is 41.2 Å². The van der Waals surface area contributed by atoms with Gasteiger partial charge in [0.15, 0.2) is 17.5 Å². The molecule has 3 aliphatic rings. The number of aliphatic carboxylic acids is 1. The molecule has 0 saturated heterocycles. The third-order valence-corrected chi connectivity index (χ3v) is 11.2. The lowest BCUT2D eigenvalue weighted by atomic mass is 9.85. The predicted molar refractivity (Wildman–Crippen MR) is 230 cm³/mol. The van der Waals surface area contributed by atoms with Gasteiger partial charge >= 0.3 is 18.1 Å². The van der Waals surface area contributed by atoms with Crippen molar-refractivity contribution in [1.29, 1.82) is 0 Å². The van der Waals surface area contributed by atoms with Gasteiger partial charge in [0.2, 0.25) is 30.1 Å². The number of pyridine rings is 2. The lowest BCUT2D eigenvalue weighted by Crippen LogP contribution is -2.54. The van der Waals surface area contributed by atoms with Crippen LogP contribution in [0.2, 0.25) is 0 Å². The zero-order chi connectivity index (χ0) is 46.6. The molecule has 0 spiro atoms.